The average molecular weight is 639 g/mol. The maximum Gasteiger partial charge on any atom is 0.490 e. The van der Waals surface area contributed by atoms with Crippen LogP contribution in [0, 0.1) is 0 Å². The molecule has 1 aliphatic heterocycles. The fourth-order valence-corrected chi connectivity index (χ4v) is 5.17. The molecule has 14 heteroatoms. The third kappa shape index (κ3) is 12.2. The zero-order valence-corrected chi connectivity index (χ0v) is 25.1. The number of fused-ring (bicyclic) bond motifs is 1. The Kier molecular flexibility index (Phi) is 14.3. The minimum absolute atomic E-state index is 0.00280. The van der Waals surface area contributed by atoms with Gasteiger partial charge in [0, 0.05) is 37.4 Å². The zero-order chi connectivity index (χ0) is 32.7. The van der Waals surface area contributed by atoms with Crippen molar-refractivity contribution in [2.45, 2.75) is 70.0 Å². The molecule has 0 bridgehead atoms. The molecule has 0 unspecified atom stereocenters. The number of nitrogens with one attached hydrogen (secondary N) is 2. The van der Waals surface area contributed by atoms with Gasteiger partial charge in [0.1, 0.15) is 11.4 Å². The second-order valence-corrected chi connectivity index (χ2v) is 10.8. The van der Waals surface area contributed by atoms with Crippen molar-refractivity contribution in [3.8, 4) is 11.5 Å². The zero-order valence-electron chi connectivity index (χ0n) is 25.1. The number of hydrogen-bond acceptors (Lipinski definition) is 8. The summed E-state index contributed by atoms with van der Waals surface area (Å²) in [6.45, 7) is 2.98. The summed E-state index contributed by atoms with van der Waals surface area (Å²) in [6.07, 6.45) is 5.47. The number of carboxylic acids is 1. The topological polar surface area (TPSA) is 150 Å². The average Bonchev–Trinajstić information content (AvgIpc) is 3.30. The lowest BCUT2D eigenvalue weighted by atomic mass is 10.1. The number of carbonyl (C=O) groups excluding carboxylic acids is 2. The minimum Gasteiger partial charge on any atom is -0.506 e. The SMILES string of the molecule is O=C(O)C(F)(F)F.O=C1COc2c(CCNCCN(C(=O)CCOCCc3ccccn3)C3CCCCCC3)ccc(O)c2N1. The number of aromatic nitrogens is 1. The van der Waals surface area contributed by atoms with E-state index in [-0.39, 0.29) is 24.2 Å². The lowest BCUT2D eigenvalue weighted by molar-refractivity contribution is -0.192. The van der Waals surface area contributed by atoms with Gasteiger partial charge in [-0.05, 0) is 49.6 Å². The van der Waals surface area contributed by atoms with Crippen molar-refractivity contribution in [1.82, 2.24) is 15.2 Å². The number of pyridine rings is 1. The number of aliphatic carboxylic acids is 1. The molecule has 1 fully saturated rings. The number of phenolic OH excluding ortho intramolecular Hbond substituents is 1. The molecular formula is C31H41F3N4O7. The number of carbonyl (C=O) groups is 3. The molecule has 0 radical (unpaired) electrons. The smallest absolute Gasteiger partial charge is 0.490 e. The predicted molar refractivity (Wildman–Crippen MR) is 159 cm³/mol. The Hall–Kier alpha value is -3.91. The van der Waals surface area contributed by atoms with Gasteiger partial charge < -0.3 is 35.2 Å². The van der Waals surface area contributed by atoms with Crippen LogP contribution in [-0.2, 0) is 32.0 Å². The van der Waals surface area contributed by atoms with Gasteiger partial charge >= 0.3 is 12.1 Å². The van der Waals surface area contributed by atoms with Gasteiger partial charge in [-0.25, -0.2) is 4.79 Å². The molecule has 248 valence electrons. The van der Waals surface area contributed by atoms with Crippen molar-refractivity contribution >= 4 is 23.5 Å². The molecule has 4 N–H and O–H groups in total. The third-order valence-corrected chi connectivity index (χ3v) is 7.45. The van der Waals surface area contributed by atoms with Crippen molar-refractivity contribution in [3.63, 3.8) is 0 Å². The van der Waals surface area contributed by atoms with Crippen LogP contribution in [0.4, 0.5) is 18.9 Å². The largest absolute Gasteiger partial charge is 0.506 e. The molecule has 2 aliphatic rings. The number of nitrogens with zero attached hydrogens (tertiary/aromatic N) is 2. The summed E-state index contributed by atoms with van der Waals surface area (Å²) in [6, 6.07) is 9.54. The Bertz CT molecular complexity index is 1240. The second kappa shape index (κ2) is 18.2. The quantitative estimate of drug-likeness (QED) is 0.145. The standard InChI is InChI=1S/C29H40N4O5.C2HF3O2/c34-25-11-10-22(29-28(25)32-26(35)21-38-29)12-16-30-17-18-33(24-8-3-1-2-4-9-24)27(36)14-20-37-19-13-23-7-5-6-15-31-23;3-2(4,5)1(6)7/h5-7,10-11,15,24,30,34H,1-4,8-9,12-14,16-21H2,(H,32,35);(H,6,7). The van der Waals surface area contributed by atoms with Gasteiger partial charge in [0.2, 0.25) is 5.91 Å². The van der Waals surface area contributed by atoms with E-state index in [2.05, 4.69) is 20.5 Å². The number of carboxylic acid groups (broad SMARTS) is 1. The number of aromatic hydroxyl groups is 1. The van der Waals surface area contributed by atoms with Gasteiger partial charge in [0.05, 0.1) is 19.6 Å². The highest BCUT2D eigenvalue weighted by Gasteiger charge is 2.38. The lowest BCUT2D eigenvalue weighted by Gasteiger charge is -2.31. The number of alkyl halides is 3. The van der Waals surface area contributed by atoms with E-state index >= 15 is 0 Å². The number of anilines is 1. The Morgan fingerprint density at radius 2 is 1.80 bits per heavy atom. The maximum absolute atomic E-state index is 13.2. The van der Waals surface area contributed by atoms with Crippen molar-refractivity contribution in [2.24, 2.45) is 0 Å². The van der Waals surface area contributed by atoms with Crippen molar-refractivity contribution in [1.29, 1.82) is 0 Å². The molecule has 2 heterocycles. The fraction of sp³-hybridized carbons (Fsp3) is 0.548. The Balaban J connectivity index is 0.000000707. The molecule has 11 nitrogen and oxygen atoms in total. The van der Waals surface area contributed by atoms with E-state index < -0.39 is 12.1 Å². The van der Waals surface area contributed by atoms with Crippen LogP contribution in [-0.4, -0.2) is 89.6 Å². The van der Waals surface area contributed by atoms with E-state index in [9.17, 15) is 27.9 Å². The first-order valence-electron chi connectivity index (χ1n) is 15.1. The Labute approximate surface area is 260 Å². The van der Waals surface area contributed by atoms with Gasteiger partial charge in [-0.2, -0.15) is 13.2 Å². The normalized spacial score (nSPS) is 15.0. The van der Waals surface area contributed by atoms with Crippen LogP contribution in [0.25, 0.3) is 0 Å². The molecular weight excluding hydrogens is 597 g/mol. The van der Waals surface area contributed by atoms with E-state index in [4.69, 9.17) is 19.4 Å². The summed E-state index contributed by atoms with van der Waals surface area (Å²) in [5, 5.41) is 23.3. The number of ether oxygens (including phenoxy) is 2. The maximum atomic E-state index is 13.2. The molecule has 0 atom stereocenters. The monoisotopic (exact) mass is 638 g/mol. The van der Waals surface area contributed by atoms with E-state index in [1.165, 1.54) is 25.7 Å². The molecule has 1 aliphatic carbocycles. The van der Waals surface area contributed by atoms with Crippen LogP contribution < -0.4 is 15.4 Å². The summed E-state index contributed by atoms with van der Waals surface area (Å²) < 4.78 is 43.1. The number of rotatable bonds is 13. The summed E-state index contributed by atoms with van der Waals surface area (Å²) >= 11 is 0. The van der Waals surface area contributed by atoms with E-state index in [1.807, 2.05) is 24.3 Å². The Morgan fingerprint density at radius 1 is 1.07 bits per heavy atom. The molecule has 1 aromatic carbocycles. The van der Waals surface area contributed by atoms with E-state index in [1.54, 1.807) is 12.3 Å². The first kappa shape index (κ1) is 35.6. The van der Waals surface area contributed by atoms with E-state index in [0.29, 0.717) is 63.2 Å². The molecule has 45 heavy (non-hydrogen) atoms. The van der Waals surface area contributed by atoms with Crippen molar-refractivity contribution in [2.75, 3.05) is 44.8 Å². The van der Waals surface area contributed by atoms with Crippen LogP contribution in [0.5, 0.6) is 11.5 Å². The highest BCUT2D eigenvalue weighted by molar-refractivity contribution is 5.97. The Morgan fingerprint density at radius 3 is 2.47 bits per heavy atom. The van der Waals surface area contributed by atoms with Gasteiger partial charge in [-0.3, -0.25) is 14.6 Å². The van der Waals surface area contributed by atoms with E-state index in [0.717, 1.165) is 30.5 Å². The van der Waals surface area contributed by atoms with Crippen LogP contribution in [0.1, 0.15) is 56.2 Å². The highest BCUT2D eigenvalue weighted by atomic mass is 19.4. The predicted octanol–water partition coefficient (Wildman–Crippen LogP) is 4.08. The highest BCUT2D eigenvalue weighted by Crippen LogP contribution is 2.39. The number of benzene rings is 1. The van der Waals surface area contributed by atoms with Crippen molar-refractivity contribution < 1.29 is 47.2 Å². The summed E-state index contributed by atoms with van der Waals surface area (Å²) in [7, 11) is 0. The summed E-state index contributed by atoms with van der Waals surface area (Å²) in [4.78, 5) is 40.1. The molecule has 0 spiro atoms. The summed E-state index contributed by atoms with van der Waals surface area (Å²) in [5.74, 6) is -2.33. The number of amides is 2. The second-order valence-electron chi connectivity index (χ2n) is 10.8. The van der Waals surface area contributed by atoms with Crippen LogP contribution in [0.3, 0.4) is 0 Å². The first-order chi connectivity index (χ1) is 21.6. The number of halogens is 3. The molecule has 2 aromatic rings. The minimum atomic E-state index is -5.08. The summed E-state index contributed by atoms with van der Waals surface area (Å²) in [5.41, 5.74) is 2.25. The van der Waals surface area contributed by atoms with Crippen LogP contribution in [0.2, 0.25) is 0 Å². The molecule has 0 saturated heterocycles. The van der Waals surface area contributed by atoms with Gasteiger partial charge in [-0.15, -0.1) is 0 Å². The van der Waals surface area contributed by atoms with Crippen LogP contribution in [0.15, 0.2) is 36.5 Å². The van der Waals surface area contributed by atoms with Crippen LogP contribution >= 0.6 is 0 Å². The van der Waals surface area contributed by atoms with Gasteiger partial charge in [-0.1, -0.05) is 37.8 Å². The molecule has 2 amide bonds. The van der Waals surface area contributed by atoms with Crippen molar-refractivity contribution in [3.05, 3.63) is 47.8 Å². The molecule has 4 rings (SSSR count). The third-order valence-electron chi connectivity index (χ3n) is 7.45. The number of phenols is 1. The van der Waals surface area contributed by atoms with Gasteiger partial charge in [0.25, 0.3) is 5.91 Å². The molecule has 1 aromatic heterocycles. The number of hydrogen-bond donors (Lipinski definition) is 4. The van der Waals surface area contributed by atoms with Gasteiger partial charge in [0.15, 0.2) is 12.4 Å². The molecule has 1 saturated carbocycles. The lowest BCUT2D eigenvalue weighted by Crippen LogP contribution is -2.44. The first-order valence-corrected chi connectivity index (χ1v) is 15.1. The fourth-order valence-electron chi connectivity index (χ4n) is 5.17.